The Morgan fingerprint density at radius 3 is 2.32 bits per heavy atom. The van der Waals surface area contributed by atoms with E-state index in [-0.39, 0.29) is 5.78 Å². The number of esters is 1. The first-order valence-corrected chi connectivity index (χ1v) is 7.98. The van der Waals surface area contributed by atoms with E-state index in [1.807, 2.05) is 19.9 Å². The number of Topliss-reactive ketones (excluding diaryl/α,β-unsaturated/α-hetero) is 1. The molecule has 0 aliphatic rings. The molecule has 130 valence electrons. The summed E-state index contributed by atoms with van der Waals surface area (Å²) in [6.07, 6.45) is -0.963. The molecule has 25 heavy (non-hydrogen) atoms. The van der Waals surface area contributed by atoms with E-state index in [1.165, 1.54) is 13.8 Å². The Bertz CT molecular complexity index is 826. The summed E-state index contributed by atoms with van der Waals surface area (Å²) in [5, 5.41) is 2.65. The van der Waals surface area contributed by atoms with Crippen molar-refractivity contribution in [2.45, 2.75) is 33.8 Å². The molecule has 2 aromatic carbocycles. The van der Waals surface area contributed by atoms with Crippen LogP contribution in [0.4, 0.5) is 5.69 Å². The number of ether oxygens (including phenoxy) is 1. The number of carbonyl (C=O) groups excluding carboxylic acids is 3. The maximum Gasteiger partial charge on any atom is 0.338 e. The number of benzene rings is 2. The highest BCUT2D eigenvalue weighted by Gasteiger charge is 2.19. The lowest BCUT2D eigenvalue weighted by Crippen LogP contribution is -2.30. The van der Waals surface area contributed by atoms with Crippen LogP contribution in [0.1, 0.15) is 45.7 Å². The predicted molar refractivity (Wildman–Crippen MR) is 95.9 cm³/mol. The lowest BCUT2D eigenvalue weighted by molar-refractivity contribution is -0.123. The zero-order chi connectivity index (χ0) is 18.6. The first-order chi connectivity index (χ1) is 11.8. The molecule has 5 heteroatoms. The average Bonchev–Trinajstić information content (AvgIpc) is 2.57. The predicted octanol–water partition coefficient (Wildman–Crippen LogP) is 3.69. The van der Waals surface area contributed by atoms with Crippen LogP contribution in [0.5, 0.6) is 0 Å². The van der Waals surface area contributed by atoms with Gasteiger partial charge < -0.3 is 10.1 Å². The number of carbonyl (C=O) groups is 3. The molecule has 0 heterocycles. The van der Waals surface area contributed by atoms with Crippen molar-refractivity contribution in [1.82, 2.24) is 0 Å². The van der Waals surface area contributed by atoms with Gasteiger partial charge in [0.2, 0.25) is 0 Å². The molecule has 0 aromatic heterocycles. The molecule has 0 unspecified atom stereocenters. The molecule has 0 saturated heterocycles. The third kappa shape index (κ3) is 4.76. The van der Waals surface area contributed by atoms with E-state index in [0.29, 0.717) is 16.8 Å². The Kier molecular flexibility index (Phi) is 5.70. The van der Waals surface area contributed by atoms with Gasteiger partial charge in [-0.05, 0) is 63.1 Å². The van der Waals surface area contributed by atoms with Gasteiger partial charge in [-0.2, -0.15) is 0 Å². The molecular formula is C20H21NO4. The van der Waals surface area contributed by atoms with Crippen LogP contribution in [-0.2, 0) is 9.53 Å². The summed E-state index contributed by atoms with van der Waals surface area (Å²) < 4.78 is 5.23. The third-order valence-electron chi connectivity index (χ3n) is 3.93. The molecule has 5 nitrogen and oxygen atoms in total. The summed E-state index contributed by atoms with van der Waals surface area (Å²) in [5.41, 5.74) is 3.44. The van der Waals surface area contributed by atoms with Crippen LogP contribution in [0.25, 0.3) is 0 Å². The molecule has 1 amide bonds. The topological polar surface area (TPSA) is 72.5 Å². The summed E-state index contributed by atoms with van der Waals surface area (Å²) in [7, 11) is 0. The largest absolute Gasteiger partial charge is 0.449 e. The van der Waals surface area contributed by atoms with Crippen molar-refractivity contribution >= 4 is 23.3 Å². The molecule has 1 atom stereocenters. The van der Waals surface area contributed by atoms with E-state index < -0.39 is 18.0 Å². The van der Waals surface area contributed by atoms with E-state index in [2.05, 4.69) is 5.32 Å². The van der Waals surface area contributed by atoms with Crippen LogP contribution in [0, 0.1) is 13.8 Å². The van der Waals surface area contributed by atoms with Crippen LogP contribution < -0.4 is 5.32 Å². The van der Waals surface area contributed by atoms with Gasteiger partial charge >= 0.3 is 5.97 Å². The Balaban J connectivity index is 2.02. The van der Waals surface area contributed by atoms with Gasteiger partial charge in [0.25, 0.3) is 5.91 Å². The highest BCUT2D eigenvalue weighted by molar-refractivity contribution is 5.99. The van der Waals surface area contributed by atoms with E-state index >= 15 is 0 Å². The second kappa shape index (κ2) is 7.75. The van der Waals surface area contributed by atoms with Gasteiger partial charge in [-0.1, -0.05) is 18.2 Å². The Morgan fingerprint density at radius 2 is 1.68 bits per heavy atom. The summed E-state index contributed by atoms with van der Waals surface area (Å²) in [5.74, 6) is -1.11. The van der Waals surface area contributed by atoms with E-state index in [0.717, 1.165) is 11.1 Å². The number of ketones is 1. The molecular weight excluding hydrogens is 318 g/mol. The molecule has 0 aliphatic carbocycles. The van der Waals surface area contributed by atoms with Crippen molar-refractivity contribution in [3.05, 3.63) is 64.7 Å². The van der Waals surface area contributed by atoms with Crippen LogP contribution in [0.2, 0.25) is 0 Å². The second-order valence-corrected chi connectivity index (χ2v) is 5.97. The molecule has 2 aromatic rings. The van der Waals surface area contributed by atoms with Crippen molar-refractivity contribution < 1.29 is 19.1 Å². The summed E-state index contributed by atoms with van der Waals surface area (Å²) in [6.45, 7) is 6.82. The van der Waals surface area contributed by atoms with Crippen LogP contribution in [0.3, 0.4) is 0 Å². The average molecular weight is 339 g/mol. The lowest BCUT2D eigenvalue weighted by Gasteiger charge is -2.14. The van der Waals surface area contributed by atoms with Crippen molar-refractivity contribution in [2.24, 2.45) is 0 Å². The molecule has 1 N–H and O–H groups in total. The molecule has 0 bridgehead atoms. The summed E-state index contributed by atoms with van der Waals surface area (Å²) >= 11 is 0. The Labute approximate surface area is 147 Å². The minimum Gasteiger partial charge on any atom is -0.449 e. The number of hydrogen-bond acceptors (Lipinski definition) is 4. The van der Waals surface area contributed by atoms with Gasteiger partial charge in [0.1, 0.15) is 0 Å². The number of amides is 1. The Hall–Kier alpha value is -2.95. The molecule has 0 aliphatic heterocycles. The highest BCUT2D eigenvalue weighted by Crippen LogP contribution is 2.14. The highest BCUT2D eigenvalue weighted by atomic mass is 16.5. The molecule has 0 radical (unpaired) electrons. The van der Waals surface area contributed by atoms with Crippen molar-refractivity contribution in [3.8, 4) is 0 Å². The number of anilines is 1. The van der Waals surface area contributed by atoms with Crippen LogP contribution >= 0.6 is 0 Å². The Morgan fingerprint density at radius 1 is 0.960 bits per heavy atom. The molecule has 0 spiro atoms. The fraction of sp³-hybridized carbons (Fsp3) is 0.250. The first-order valence-electron chi connectivity index (χ1n) is 7.98. The first kappa shape index (κ1) is 18.4. The molecule has 0 fully saturated rings. The third-order valence-corrected chi connectivity index (χ3v) is 3.93. The quantitative estimate of drug-likeness (QED) is 0.666. The maximum absolute atomic E-state index is 12.2. The SMILES string of the molecule is CC(=O)c1cccc(NC(=O)[C@H](C)OC(=O)c2ccc(C)c(C)c2)c1. The van der Waals surface area contributed by atoms with Crippen LogP contribution in [0.15, 0.2) is 42.5 Å². The number of rotatable bonds is 5. The van der Waals surface area contributed by atoms with E-state index in [4.69, 9.17) is 4.74 Å². The zero-order valence-electron chi connectivity index (χ0n) is 14.8. The van der Waals surface area contributed by atoms with Crippen molar-refractivity contribution in [2.75, 3.05) is 5.32 Å². The van der Waals surface area contributed by atoms with Gasteiger partial charge in [0, 0.05) is 11.3 Å². The van der Waals surface area contributed by atoms with E-state index in [1.54, 1.807) is 36.4 Å². The van der Waals surface area contributed by atoms with Crippen molar-refractivity contribution in [3.63, 3.8) is 0 Å². The smallest absolute Gasteiger partial charge is 0.338 e. The minimum atomic E-state index is -0.963. The van der Waals surface area contributed by atoms with Gasteiger partial charge in [0.15, 0.2) is 11.9 Å². The van der Waals surface area contributed by atoms with Gasteiger partial charge in [-0.15, -0.1) is 0 Å². The molecule has 0 saturated carbocycles. The second-order valence-electron chi connectivity index (χ2n) is 5.97. The fourth-order valence-corrected chi connectivity index (χ4v) is 2.21. The normalized spacial score (nSPS) is 11.5. The van der Waals surface area contributed by atoms with Gasteiger partial charge in [0.05, 0.1) is 5.56 Å². The lowest BCUT2D eigenvalue weighted by atomic mass is 10.1. The summed E-state index contributed by atoms with van der Waals surface area (Å²) in [4.78, 5) is 35.8. The maximum atomic E-state index is 12.2. The van der Waals surface area contributed by atoms with Gasteiger partial charge in [-0.25, -0.2) is 4.79 Å². The van der Waals surface area contributed by atoms with Crippen LogP contribution in [-0.4, -0.2) is 23.8 Å². The van der Waals surface area contributed by atoms with Gasteiger partial charge in [-0.3, -0.25) is 9.59 Å². The van der Waals surface area contributed by atoms with Crippen molar-refractivity contribution in [1.29, 1.82) is 0 Å². The summed E-state index contributed by atoms with van der Waals surface area (Å²) in [6, 6.07) is 11.8. The number of hydrogen-bond donors (Lipinski definition) is 1. The monoisotopic (exact) mass is 339 g/mol. The minimum absolute atomic E-state index is 0.0923. The number of aryl methyl sites for hydroxylation is 2. The zero-order valence-corrected chi connectivity index (χ0v) is 14.8. The standard InChI is InChI=1S/C20H21NO4/c1-12-8-9-17(10-13(12)2)20(24)25-15(4)19(23)21-18-7-5-6-16(11-18)14(3)22/h5-11,15H,1-4H3,(H,21,23)/t15-/m0/s1. The van der Waals surface area contributed by atoms with E-state index in [9.17, 15) is 14.4 Å². The molecule has 2 rings (SSSR count). The fourth-order valence-electron chi connectivity index (χ4n) is 2.21. The number of nitrogens with one attached hydrogen (secondary N) is 1.